The molecule has 4 nitrogen and oxygen atoms in total. The van der Waals surface area contributed by atoms with Crippen molar-refractivity contribution >= 4 is 5.97 Å². The first-order valence-electron chi connectivity index (χ1n) is 7.35. The monoisotopic (exact) mass is 275 g/mol. The van der Waals surface area contributed by atoms with Crippen LogP contribution in [0, 0.1) is 0 Å². The van der Waals surface area contributed by atoms with Crippen molar-refractivity contribution < 1.29 is 14.6 Å². The van der Waals surface area contributed by atoms with Gasteiger partial charge < -0.3 is 9.84 Å². The molecular formula is C16H21NO3. The fraction of sp³-hybridized carbons (Fsp3) is 0.562. The van der Waals surface area contributed by atoms with Gasteiger partial charge in [0.15, 0.2) is 0 Å². The summed E-state index contributed by atoms with van der Waals surface area (Å²) in [6.45, 7) is 3.51. The maximum absolute atomic E-state index is 11.0. The van der Waals surface area contributed by atoms with Gasteiger partial charge in [0, 0.05) is 19.6 Å². The zero-order valence-electron chi connectivity index (χ0n) is 11.7. The fourth-order valence-electron chi connectivity index (χ4n) is 3.44. The Balaban J connectivity index is 1.68. The summed E-state index contributed by atoms with van der Waals surface area (Å²) in [5.41, 5.74) is 1.51. The fourth-order valence-corrected chi connectivity index (χ4v) is 3.44. The van der Waals surface area contributed by atoms with Gasteiger partial charge in [0.05, 0.1) is 17.8 Å². The lowest BCUT2D eigenvalue weighted by atomic mass is 9.99. The molecular weight excluding hydrogens is 254 g/mol. The van der Waals surface area contributed by atoms with E-state index < -0.39 is 5.97 Å². The molecule has 1 spiro atoms. The van der Waals surface area contributed by atoms with Gasteiger partial charge in [-0.2, -0.15) is 0 Å². The summed E-state index contributed by atoms with van der Waals surface area (Å²) in [4.78, 5) is 13.4. The smallest absolute Gasteiger partial charge is 0.335 e. The zero-order valence-corrected chi connectivity index (χ0v) is 11.7. The Morgan fingerprint density at radius 2 is 2.15 bits per heavy atom. The molecule has 1 N–H and O–H groups in total. The molecule has 0 aromatic heterocycles. The molecule has 0 amide bonds. The van der Waals surface area contributed by atoms with Crippen LogP contribution in [0.4, 0.5) is 0 Å². The molecule has 108 valence electrons. The molecule has 4 heteroatoms. The lowest BCUT2D eigenvalue weighted by Gasteiger charge is -2.40. The molecule has 0 radical (unpaired) electrons. The molecule has 2 aliphatic rings. The molecule has 1 heterocycles. The average molecular weight is 275 g/mol. The minimum absolute atomic E-state index is 0.0721. The van der Waals surface area contributed by atoms with Crippen LogP contribution < -0.4 is 0 Å². The lowest BCUT2D eigenvalue weighted by molar-refractivity contribution is -0.107. The summed E-state index contributed by atoms with van der Waals surface area (Å²) in [7, 11) is 0. The molecule has 0 atom stereocenters. The molecule has 1 aliphatic carbocycles. The number of benzene rings is 1. The van der Waals surface area contributed by atoms with E-state index in [1.54, 1.807) is 12.1 Å². The van der Waals surface area contributed by atoms with Crippen molar-refractivity contribution in [2.75, 3.05) is 19.7 Å². The number of rotatable bonds is 3. The number of carboxylic acids is 1. The van der Waals surface area contributed by atoms with E-state index in [1.165, 1.54) is 25.7 Å². The van der Waals surface area contributed by atoms with Gasteiger partial charge in [-0.25, -0.2) is 4.79 Å². The molecule has 1 aliphatic heterocycles. The minimum atomic E-state index is -0.860. The highest BCUT2D eigenvalue weighted by molar-refractivity contribution is 5.87. The summed E-state index contributed by atoms with van der Waals surface area (Å²) < 4.78 is 6.02. The Morgan fingerprint density at radius 1 is 1.35 bits per heavy atom. The Hall–Kier alpha value is -1.39. The van der Waals surface area contributed by atoms with E-state index in [9.17, 15) is 4.79 Å². The van der Waals surface area contributed by atoms with Crippen LogP contribution in [-0.4, -0.2) is 41.3 Å². The predicted molar refractivity (Wildman–Crippen MR) is 75.8 cm³/mol. The Morgan fingerprint density at radius 3 is 2.90 bits per heavy atom. The number of carbonyl (C=O) groups is 1. The van der Waals surface area contributed by atoms with E-state index in [0.717, 1.165) is 31.8 Å². The molecule has 20 heavy (non-hydrogen) atoms. The quantitative estimate of drug-likeness (QED) is 0.921. The summed E-state index contributed by atoms with van der Waals surface area (Å²) in [5, 5.41) is 9.05. The highest BCUT2D eigenvalue weighted by Gasteiger charge is 2.39. The summed E-state index contributed by atoms with van der Waals surface area (Å²) in [6.07, 6.45) is 4.86. The molecule has 1 saturated heterocycles. The van der Waals surface area contributed by atoms with Crippen LogP contribution in [0.15, 0.2) is 24.3 Å². The normalized spacial score (nSPS) is 22.2. The van der Waals surface area contributed by atoms with Crippen LogP contribution >= 0.6 is 0 Å². The Kier molecular flexibility index (Phi) is 3.76. The van der Waals surface area contributed by atoms with E-state index in [1.807, 2.05) is 12.1 Å². The number of morpholine rings is 1. The SMILES string of the molecule is O=C(O)c1cccc(CN2CCOC3(CCCC3)C2)c1. The van der Waals surface area contributed by atoms with Gasteiger partial charge in [-0.15, -0.1) is 0 Å². The maximum atomic E-state index is 11.0. The Labute approximate surface area is 119 Å². The standard InChI is InChI=1S/C16H21NO3/c18-15(19)14-5-3-4-13(10-14)11-17-8-9-20-16(12-17)6-1-2-7-16/h3-5,10H,1-2,6-9,11-12H2,(H,18,19). The van der Waals surface area contributed by atoms with Gasteiger partial charge in [0.2, 0.25) is 0 Å². The van der Waals surface area contributed by atoms with Gasteiger partial charge in [-0.3, -0.25) is 4.90 Å². The highest BCUT2D eigenvalue weighted by Crippen LogP contribution is 2.36. The van der Waals surface area contributed by atoms with Crippen LogP contribution in [0.2, 0.25) is 0 Å². The number of hydrogen-bond donors (Lipinski definition) is 1. The summed E-state index contributed by atoms with van der Waals surface area (Å²) in [5.74, 6) is -0.860. The second-order valence-corrected chi connectivity index (χ2v) is 5.95. The van der Waals surface area contributed by atoms with Gasteiger partial charge in [-0.1, -0.05) is 25.0 Å². The predicted octanol–water partition coefficient (Wildman–Crippen LogP) is 2.53. The van der Waals surface area contributed by atoms with Gasteiger partial charge in [-0.05, 0) is 30.5 Å². The maximum Gasteiger partial charge on any atom is 0.335 e. The van der Waals surface area contributed by atoms with Crippen LogP contribution in [0.5, 0.6) is 0 Å². The van der Waals surface area contributed by atoms with Crippen LogP contribution in [0.1, 0.15) is 41.6 Å². The molecule has 1 aromatic rings. The molecule has 0 bridgehead atoms. The Bertz CT molecular complexity index is 494. The van der Waals surface area contributed by atoms with Crippen molar-refractivity contribution in [2.24, 2.45) is 0 Å². The second-order valence-electron chi connectivity index (χ2n) is 5.95. The molecule has 3 rings (SSSR count). The average Bonchev–Trinajstić information content (AvgIpc) is 2.87. The van der Waals surface area contributed by atoms with Crippen molar-refractivity contribution in [3.63, 3.8) is 0 Å². The summed E-state index contributed by atoms with van der Waals surface area (Å²) in [6, 6.07) is 7.25. The molecule has 2 fully saturated rings. The van der Waals surface area contributed by atoms with Crippen molar-refractivity contribution in [1.29, 1.82) is 0 Å². The zero-order chi connectivity index (χ0) is 14.0. The van der Waals surface area contributed by atoms with Gasteiger partial charge in [0.1, 0.15) is 0 Å². The number of ether oxygens (including phenoxy) is 1. The van der Waals surface area contributed by atoms with E-state index >= 15 is 0 Å². The highest BCUT2D eigenvalue weighted by atomic mass is 16.5. The lowest BCUT2D eigenvalue weighted by Crippen LogP contribution is -2.49. The van der Waals surface area contributed by atoms with Crippen LogP contribution in [0.3, 0.4) is 0 Å². The summed E-state index contributed by atoms with van der Waals surface area (Å²) >= 11 is 0. The first-order valence-corrected chi connectivity index (χ1v) is 7.35. The first-order chi connectivity index (χ1) is 9.67. The van der Waals surface area contributed by atoms with Crippen LogP contribution in [-0.2, 0) is 11.3 Å². The number of carboxylic acid groups (broad SMARTS) is 1. The van der Waals surface area contributed by atoms with Gasteiger partial charge >= 0.3 is 5.97 Å². The van der Waals surface area contributed by atoms with Crippen molar-refractivity contribution in [2.45, 2.75) is 37.8 Å². The minimum Gasteiger partial charge on any atom is -0.478 e. The van der Waals surface area contributed by atoms with Crippen molar-refractivity contribution in [3.05, 3.63) is 35.4 Å². The van der Waals surface area contributed by atoms with Crippen molar-refractivity contribution in [3.8, 4) is 0 Å². The van der Waals surface area contributed by atoms with E-state index in [4.69, 9.17) is 9.84 Å². The molecule has 1 saturated carbocycles. The van der Waals surface area contributed by atoms with Crippen LogP contribution in [0.25, 0.3) is 0 Å². The van der Waals surface area contributed by atoms with Gasteiger partial charge in [0.25, 0.3) is 0 Å². The molecule has 1 aromatic carbocycles. The van der Waals surface area contributed by atoms with E-state index in [0.29, 0.717) is 5.56 Å². The second kappa shape index (κ2) is 5.54. The number of hydrogen-bond acceptors (Lipinski definition) is 3. The topological polar surface area (TPSA) is 49.8 Å². The number of aromatic carboxylic acids is 1. The first kappa shape index (κ1) is 13.6. The van der Waals surface area contributed by atoms with E-state index in [-0.39, 0.29) is 5.60 Å². The third kappa shape index (κ3) is 2.86. The van der Waals surface area contributed by atoms with E-state index in [2.05, 4.69) is 4.90 Å². The largest absolute Gasteiger partial charge is 0.478 e. The molecule has 0 unspecified atom stereocenters. The third-order valence-electron chi connectivity index (χ3n) is 4.42. The van der Waals surface area contributed by atoms with Crippen molar-refractivity contribution in [1.82, 2.24) is 4.90 Å². The third-order valence-corrected chi connectivity index (χ3v) is 4.42. The number of nitrogens with zero attached hydrogens (tertiary/aromatic N) is 1.